The number of hydrogen-bond acceptors (Lipinski definition) is 4. The van der Waals surface area contributed by atoms with E-state index >= 15 is 0 Å². The predicted octanol–water partition coefficient (Wildman–Crippen LogP) is 1.78. The van der Waals surface area contributed by atoms with Crippen molar-refractivity contribution in [3.05, 3.63) is 18.0 Å². The van der Waals surface area contributed by atoms with Gasteiger partial charge in [0.15, 0.2) is 0 Å². The number of aromatic nitrogens is 2. The highest BCUT2D eigenvalue weighted by Crippen LogP contribution is 2.21. The SMILES string of the molecule is CCCn1cc(CN2CCCN(S(=O)(=O)N3CCC[C@@H](C)C3)CC2)cn1. The Morgan fingerprint density at radius 2 is 1.92 bits per heavy atom. The van der Waals surface area contributed by atoms with E-state index in [1.165, 1.54) is 5.56 Å². The molecule has 26 heavy (non-hydrogen) atoms. The monoisotopic (exact) mass is 383 g/mol. The third-order valence-corrected chi connectivity index (χ3v) is 7.37. The molecule has 3 heterocycles. The lowest BCUT2D eigenvalue weighted by Gasteiger charge is -2.34. The summed E-state index contributed by atoms with van der Waals surface area (Å²) in [4.78, 5) is 2.35. The van der Waals surface area contributed by atoms with Crippen molar-refractivity contribution in [3.8, 4) is 0 Å². The summed E-state index contributed by atoms with van der Waals surface area (Å²) < 4.78 is 31.4. The van der Waals surface area contributed by atoms with Crippen LogP contribution in [0.2, 0.25) is 0 Å². The molecule has 0 bridgehead atoms. The van der Waals surface area contributed by atoms with Gasteiger partial charge in [0.2, 0.25) is 0 Å². The average molecular weight is 384 g/mol. The first-order valence-electron chi connectivity index (χ1n) is 9.98. The smallest absolute Gasteiger partial charge is 0.282 e. The van der Waals surface area contributed by atoms with Crippen molar-refractivity contribution in [1.82, 2.24) is 23.3 Å². The van der Waals surface area contributed by atoms with Gasteiger partial charge in [-0.25, -0.2) is 0 Å². The summed E-state index contributed by atoms with van der Waals surface area (Å²) in [6, 6.07) is 0. The van der Waals surface area contributed by atoms with E-state index in [-0.39, 0.29) is 0 Å². The Bertz CT molecular complexity index is 675. The van der Waals surface area contributed by atoms with Crippen molar-refractivity contribution < 1.29 is 8.42 Å². The normalized spacial score (nSPS) is 24.6. The summed E-state index contributed by atoms with van der Waals surface area (Å²) in [5.41, 5.74) is 1.21. The van der Waals surface area contributed by atoms with E-state index in [1.807, 2.05) is 10.9 Å². The first-order chi connectivity index (χ1) is 12.5. The number of piperidine rings is 1. The van der Waals surface area contributed by atoms with Crippen LogP contribution in [0, 0.1) is 5.92 Å². The van der Waals surface area contributed by atoms with E-state index < -0.39 is 10.2 Å². The Morgan fingerprint density at radius 3 is 2.69 bits per heavy atom. The molecule has 0 aromatic carbocycles. The first kappa shape index (κ1) is 19.8. The third-order valence-electron chi connectivity index (χ3n) is 5.37. The highest BCUT2D eigenvalue weighted by atomic mass is 32.2. The van der Waals surface area contributed by atoms with Crippen LogP contribution in [-0.2, 0) is 23.3 Å². The van der Waals surface area contributed by atoms with Gasteiger partial charge in [-0.2, -0.15) is 22.1 Å². The molecule has 1 atom stereocenters. The second-order valence-corrected chi connectivity index (χ2v) is 9.68. The molecule has 0 unspecified atom stereocenters. The van der Waals surface area contributed by atoms with Crippen molar-refractivity contribution in [2.75, 3.05) is 39.3 Å². The number of rotatable bonds is 6. The lowest BCUT2D eigenvalue weighted by atomic mass is 10.0. The Balaban J connectivity index is 1.57. The summed E-state index contributed by atoms with van der Waals surface area (Å²) in [5, 5.41) is 4.39. The number of nitrogens with zero attached hydrogens (tertiary/aromatic N) is 5. The second-order valence-electron chi connectivity index (χ2n) is 7.75. The molecule has 0 aliphatic carbocycles. The summed E-state index contributed by atoms with van der Waals surface area (Å²) >= 11 is 0. The van der Waals surface area contributed by atoms with Crippen LogP contribution in [-0.4, -0.2) is 71.0 Å². The van der Waals surface area contributed by atoms with Gasteiger partial charge in [0, 0.05) is 57.6 Å². The molecule has 7 nitrogen and oxygen atoms in total. The summed E-state index contributed by atoms with van der Waals surface area (Å²) in [6.07, 6.45) is 8.11. The highest BCUT2D eigenvalue weighted by molar-refractivity contribution is 7.86. The van der Waals surface area contributed by atoms with Crippen molar-refractivity contribution in [2.24, 2.45) is 5.92 Å². The van der Waals surface area contributed by atoms with E-state index in [0.717, 1.165) is 51.9 Å². The molecule has 1 aromatic rings. The third kappa shape index (κ3) is 4.85. The molecule has 2 saturated heterocycles. The van der Waals surface area contributed by atoms with Gasteiger partial charge in [0.1, 0.15) is 0 Å². The summed E-state index contributed by atoms with van der Waals surface area (Å²) in [5.74, 6) is 0.460. The molecule has 0 radical (unpaired) electrons. The molecule has 148 valence electrons. The maximum absolute atomic E-state index is 13.0. The van der Waals surface area contributed by atoms with Crippen molar-refractivity contribution in [2.45, 2.75) is 52.6 Å². The van der Waals surface area contributed by atoms with Gasteiger partial charge < -0.3 is 0 Å². The maximum Gasteiger partial charge on any atom is 0.282 e. The molecule has 2 aliphatic rings. The van der Waals surface area contributed by atoms with Gasteiger partial charge in [-0.3, -0.25) is 9.58 Å². The minimum Gasteiger partial charge on any atom is -0.298 e. The van der Waals surface area contributed by atoms with Crippen LogP contribution in [0.3, 0.4) is 0 Å². The molecular formula is C18H33N5O2S. The average Bonchev–Trinajstić information content (AvgIpc) is 2.90. The van der Waals surface area contributed by atoms with Crippen molar-refractivity contribution >= 4 is 10.2 Å². The molecule has 8 heteroatoms. The Kier molecular flexibility index (Phi) is 6.71. The lowest BCUT2D eigenvalue weighted by molar-refractivity contribution is 0.253. The molecule has 2 aliphatic heterocycles. The summed E-state index contributed by atoms with van der Waals surface area (Å²) in [7, 11) is -3.32. The zero-order chi connectivity index (χ0) is 18.6. The van der Waals surface area contributed by atoms with Gasteiger partial charge in [0.25, 0.3) is 10.2 Å². The van der Waals surface area contributed by atoms with E-state index in [1.54, 1.807) is 8.61 Å². The van der Waals surface area contributed by atoms with Crippen LogP contribution in [0.4, 0.5) is 0 Å². The van der Waals surface area contributed by atoms with Crippen molar-refractivity contribution in [3.63, 3.8) is 0 Å². The summed E-state index contributed by atoms with van der Waals surface area (Å²) in [6.45, 7) is 10.3. The van der Waals surface area contributed by atoms with Crippen LogP contribution in [0.15, 0.2) is 12.4 Å². The van der Waals surface area contributed by atoms with Crippen LogP contribution in [0.1, 0.15) is 45.1 Å². The van der Waals surface area contributed by atoms with E-state index in [9.17, 15) is 8.42 Å². The Morgan fingerprint density at radius 1 is 1.12 bits per heavy atom. The van der Waals surface area contributed by atoms with E-state index in [4.69, 9.17) is 0 Å². The van der Waals surface area contributed by atoms with Crippen LogP contribution in [0.5, 0.6) is 0 Å². The van der Waals surface area contributed by atoms with Gasteiger partial charge >= 0.3 is 0 Å². The topological polar surface area (TPSA) is 61.7 Å². The zero-order valence-corrected chi connectivity index (χ0v) is 17.0. The van der Waals surface area contributed by atoms with Gasteiger partial charge in [0.05, 0.1) is 6.20 Å². The van der Waals surface area contributed by atoms with Gasteiger partial charge in [-0.1, -0.05) is 13.8 Å². The lowest BCUT2D eigenvalue weighted by Crippen LogP contribution is -2.48. The quantitative estimate of drug-likeness (QED) is 0.751. The van der Waals surface area contributed by atoms with Gasteiger partial charge in [-0.05, 0) is 38.1 Å². The number of aryl methyl sites for hydroxylation is 1. The first-order valence-corrected chi connectivity index (χ1v) is 11.4. The van der Waals surface area contributed by atoms with Crippen molar-refractivity contribution in [1.29, 1.82) is 0 Å². The number of hydrogen-bond donors (Lipinski definition) is 0. The minimum atomic E-state index is -3.32. The molecule has 3 rings (SSSR count). The van der Waals surface area contributed by atoms with Crippen LogP contribution >= 0.6 is 0 Å². The molecule has 0 spiro atoms. The maximum atomic E-state index is 13.0. The largest absolute Gasteiger partial charge is 0.298 e. The molecule has 0 saturated carbocycles. The fraction of sp³-hybridized carbons (Fsp3) is 0.833. The van der Waals surface area contributed by atoms with Crippen LogP contribution in [0.25, 0.3) is 0 Å². The molecular weight excluding hydrogens is 350 g/mol. The highest BCUT2D eigenvalue weighted by Gasteiger charge is 2.33. The van der Waals surface area contributed by atoms with Crippen LogP contribution < -0.4 is 0 Å². The molecule has 0 amide bonds. The fourth-order valence-electron chi connectivity index (χ4n) is 3.95. The van der Waals surface area contributed by atoms with Gasteiger partial charge in [-0.15, -0.1) is 0 Å². The fourth-order valence-corrected chi connectivity index (χ4v) is 5.75. The van der Waals surface area contributed by atoms with E-state index in [0.29, 0.717) is 32.1 Å². The van der Waals surface area contributed by atoms with E-state index in [2.05, 4.69) is 30.0 Å². The Hall–Kier alpha value is -0.960. The Labute approximate surface area is 158 Å². The minimum absolute atomic E-state index is 0.460. The second kappa shape index (κ2) is 8.82. The molecule has 1 aromatic heterocycles. The standard InChI is InChI=1S/C18H33N5O2S/c1-3-7-21-16-18(13-19-21)15-20-8-5-10-22(12-11-20)26(24,25)23-9-4-6-17(2)14-23/h13,16-17H,3-12,14-15H2,1-2H3/t17-/m1/s1. The molecule has 2 fully saturated rings. The predicted molar refractivity (Wildman–Crippen MR) is 103 cm³/mol. The molecule has 0 N–H and O–H groups in total. The zero-order valence-electron chi connectivity index (χ0n) is 16.2.